The lowest BCUT2D eigenvalue weighted by Gasteiger charge is -2.02. The SMILES string of the molecule is N#CCOc1ccc(/C=N/NC(=O)CSc2ccc(Cl)cc2)cc1. The molecule has 0 aliphatic carbocycles. The zero-order valence-electron chi connectivity index (χ0n) is 12.6. The first kappa shape index (κ1) is 17.9. The Balaban J connectivity index is 1.75. The number of hydrogen-bond acceptors (Lipinski definition) is 5. The number of halogens is 1. The lowest BCUT2D eigenvalue weighted by molar-refractivity contribution is -0.118. The average Bonchev–Trinajstić information content (AvgIpc) is 2.60. The molecule has 5 nitrogen and oxygen atoms in total. The van der Waals surface area contributed by atoms with Crippen LogP contribution in [0.1, 0.15) is 5.56 Å². The van der Waals surface area contributed by atoms with Crippen LogP contribution < -0.4 is 10.2 Å². The third kappa shape index (κ3) is 6.32. The lowest BCUT2D eigenvalue weighted by atomic mass is 10.2. The topological polar surface area (TPSA) is 74.5 Å². The Kier molecular flexibility index (Phi) is 7.15. The summed E-state index contributed by atoms with van der Waals surface area (Å²) in [6.07, 6.45) is 1.54. The first-order chi connectivity index (χ1) is 11.7. The number of rotatable bonds is 7. The van der Waals surface area contributed by atoms with E-state index in [0.717, 1.165) is 10.5 Å². The van der Waals surface area contributed by atoms with Gasteiger partial charge in [-0.1, -0.05) is 11.6 Å². The fraction of sp³-hybridized carbons (Fsp3) is 0.118. The molecule has 2 aromatic rings. The van der Waals surface area contributed by atoms with Crippen molar-refractivity contribution in [3.05, 3.63) is 59.1 Å². The Morgan fingerprint density at radius 1 is 1.25 bits per heavy atom. The Hall–Kier alpha value is -2.49. The van der Waals surface area contributed by atoms with E-state index in [-0.39, 0.29) is 18.3 Å². The van der Waals surface area contributed by atoms with Gasteiger partial charge in [-0.25, -0.2) is 5.43 Å². The first-order valence-electron chi connectivity index (χ1n) is 6.97. The van der Waals surface area contributed by atoms with Crippen LogP contribution in [0.5, 0.6) is 5.75 Å². The van der Waals surface area contributed by atoms with E-state index in [2.05, 4.69) is 10.5 Å². The molecule has 24 heavy (non-hydrogen) atoms. The molecule has 0 unspecified atom stereocenters. The summed E-state index contributed by atoms with van der Waals surface area (Å²) in [7, 11) is 0. The number of amides is 1. The molecule has 0 spiro atoms. The van der Waals surface area contributed by atoms with Crippen LogP contribution in [0.4, 0.5) is 0 Å². The van der Waals surface area contributed by atoms with Crippen molar-refractivity contribution in [1.82, 2.24) is 5.43 Å². The fourth-order valence-electron chi connectivity index (χ4n) is 1.66. The van der Waals surface area contributed by atoms with Crippen LogP contribution in [0.25, 0.3) is 0 Å². The fourth-order valence-corrected chi connectivity index (χ4v) is 2.47. The molecule has 2 aromatic carbocycles. The molecule has 7 heteroatoms. The van der Waals surface area contributed by atoms with Crippen molar-refractivity contribution >= 4 is 35.5 Å². The molecule has 0 fully saturated rings. The molecule has 1 amide bonds. The Morgan fingerprint density at radius 3 is 2.62 bits per heavy atom. The predicted molar refractivity (Wildman–Crippen MR) is 95.5 cm³/mol. The highest BCUT2D eigenvalue weighted by molar-refractivity contribution is 8.00. The molecule has 0 saturated heterocycles. The van der Waals surface area contributed by atoms with Crippen molar-refractivity contribution in [2.45, 2.75) is 4.90 Å². The number of hydrazone groups is 1. The number of hydrogen-bond donors (Lipinski definition) is 1. The Labute approximate surface area is 149 Å². The van der Waals surface area contributed by atoms with Gasteiger partial charge in [-0.2, -0.15) is 10.4 Å². The Bertz CT molecular complexity index is 740. The first-order valence-corrected chi connectivity index (χ1v) is 8.34. The number of thioether (sulfide) groups is 1. The lowest BCUT2D eigenvalue weighted by Crippen LogP contribution is -2.19. The van der Waals surface area contributed by atoms with Crippen molar-refractivity contribution in [1.29, 1.82) is 5.26 Å². The summed E-state index contributed by atoms with van der Waals surface area (Å²) in [4.78, 5) is 12.7. The third-order valence-electron chi connectivity index (χ3n) is 2.77. The molecule has 0 aliphatic rings. The van der Waals surface area contributed by atoms with Gasteiger partial charge in [-0.3, -0.25) is 4.79 Å². The van der Waals surface area contributed by atoms with Gasteiger partial charge in [0.25, 0.3) is 0 Å². The number of benzene rings is 2. The van der Waals surface area contributed by atoms with Crippen molar-refractivity contribution in [3.63, 3.8) is 0 Å². The number of carbonyl (C=O) groups excluding carboxylic acids is 1. The monoisotopic (exact) mass is 359 g/mol. The van der Waals surface area contributed by atoms with Gasteiger partial charge in [-0.15, -0.1) is 11.8 Å². The summed E-state index contributed by atoms with van der Waals surface area (Å²) in [6, 6.07) is 16.2. The van der Waals surface area contributed by atoms with E-state index in [0.29, 0.717) is 10.8 Å². The smallest absolute Gasteiger partial charge is 0.250 e. The van der Waals surface area contributed by atoms with Crippen LogP contribution in [-0.4, -0.2) is 24.5 Å². The Morgan fingerprint density at radius 2 is 1.96 bits per heavy atom. The number of nitrogens with zero attached hydrogens (tertiary/aromatic N) is 2. The number of carbonyl (C=O) groups is 1. The van der Waals surface area contributed by atoms with E-state index in [1.54, 1.807) is 42.6 Å². The number of ether oxygens (including phenoxy) is 1. The maximum atomic E-state index is 11.7. The van der Waals surface area contributed by atoms with E-state index >= 15 is 0 Å². The quantitative estimate of drug-likeness (QED) is 0.466. The molecule has 1 N–H and O–H groups in total. The highest BCUT2D eigenvalue weighted by Crippen LogP contribution is 2.19. The van der Waals surface area contributed by atoms with Gasteiger partial charge in [0.2, 0.25) is 5.91 Å². The highest BCUT2D eigenvalue weighted by atomic mass is 35.5. The average molecular weight is 360 g/mol. The molecule has 0 heterocycles. The zero-order valence-corrected chi connectivity index (χ0v) is 14.2. The van der Waals surface area contributed by atoms with E-state index in [9.17, 15) is 4.79 Å². The second-order valence-electron chi connectivity index (χ2n) is 4.55. The normalized spacial score (nSPS) is 10.3. The van der Waals surface area contributed by atoms with Gasteiger partial charge in [-0.05, 0) is 54.1 Å². The summed E-state index contributed by atoms with van der Waals surface area (Å²) in [5.41, 5.74) is 3.28. The molecule has 2 rings (SSSR count). The van der Waals surface area contributed by atoms with Crippen LogP contribution in [0.15, 0.2) is 58.5 Å². The van der Waals surface area contributed by atoms with Gasteiger partial charge in [0, 0.05) is 9.92 Å². The maximum Gasteiger partial charge on any atom is 0.250 e. The molecule has 122 valence electrons. The van der Waals surface area contributed by atoms with Crippen LogP contribution in [-0.2, 0) is 4.79 Å². The number of nitrogens with one attached hydrogen (secondary N) is 1. The van der Waals surface area contributed by atoms with E-state index in [1.165, 1.54) is 11.8 Å². The molecule has 0 bridgehead atoms. The summed E-state index contributed by atoms with van der Waals surface area (Å²) in [5.74, 6) is 0.678. The standard InChI is InChI=1S/C17H14ClN3O2S/c18-14-3-7-16(8-4-14)24-12-17(22)21-20-11-13-1-5-15(6-2-13)23-10-9-19/h1-8,11H,10,12H2,(H,21,22)/b20-11+. The minimum absolute atomic E-state index is 0.00871. The summed E-state index contributed by atoms with van der Waals surface area (Å²) >= 11 is 7.21. The molecule has 0 aliphatic heterocycles. The van der Waals surface area contributed by atoms with Gasteiger partial charge in [0.15, 0.2) is 6.61 Å². The molecule has 0 aromatic heterocycles. The van der Waals surface area contributed by atoms with Crippen LogP contribution >= 0.6 is 23.4 Å². The van der Waals surface area contributed by atoms with Crippen molar-refractivity contribution < 1.29 is 9.53 Å². The van der Waals surface area contributed by atoms with Crippen molar-refractivity contribution in [3.8, 4) is 11.8 Å². The minimum atomic E-state index is -0.194. The summed E-state index contributed by atoms with van der Waals surface area (Å²) < 4.78 is 5.15. The highest BCUT2D eigenvalue weighted by Gasteiger charge is 2.01. The second kappa shape index (κ2) is 9.60. The molecule has 0 radical (unpaired) electrons. The zero-order chi connectivity index (χ0) is 17.2. The summed E-state index contributed by atoms with van der Waals surface area (Å²) in [6.45, 7) is 0.00871. The molecule has 0 atom stereocenters. The third-order valence-corrected chi connectivity index (χ3v) is 4.03. The van der Waals surface area contributed by atoms with E-state index in [4.69, 9.17) is 21.6 Å². The minimum Gasteiger partial charge on any atom is -0.479 e. The predicted octanol–water partition coefficient (Wildman–Crippen LogP) is 3.48. The second-order valence-corrected chi connectivity index (χ2v) is 6.04. The van der Waals surface area contributed by atoms with Crippen molar-refractivity contribution in [2.24, 2.45) is 5.10 Å². The molecule has 0 saturated carbocycles. The van der Waals surface area contributed by atoms with E-state index < -0.39 is 0 Å². The number of nitriles is 1. The van der Waals surface area contributed by atoms with Crippen molar-refractivity contribution in [2.75, 3.05) is 12.4 Å². The van der Waals surface area contributed by atoms with Gasteiger partial charge < -0.3 is 4.74 Å². The molecular weight excluding hydrogens is 346 g/mol. The van der Waals surface area contributed by atoms with Gasteiger partial charge in [0.1, 0.15) is 11.8 Å². The van der Waals surface area contributed by atoms with E-state index in [1.807, 2.05) is 18.2 Å². The van der Waals surface area contributed by atoms with Crippen LogP contribution in [0, 0.1) is 11.3 Å². The molecular formula is C17H14ClN3O2S. The largest absolute Gasteiger partial charge is 0.479 e. The maximum absolute atomic E-state index is 11.7. The van der Waals surface area contributed by atoms with Crippen LogP contribution in [0.2, 0.25) is 5.02 Å². The summed E-state index contributed by atoms with van der Waals surface area (Å²) in [5, 5.41) is 13.0. The van der Waals surface area contributed by atoms with Gasteiger partial charge in [0.05, 0.1) is 12.0 Å². The van der Waals surface area contributed by atoms with Gasteiger partial charge >= 0.3 is 0 Å². The van der Waals surface area contributed by atoms with Crippen LogP contribution in [0.3, 0.4) is 0 Å².